The molecule has 1 aromatic carbocycles. The van der Waals surface area contributed by atoms with Crippen LogP contribution >= 0.6 is 0 Å². The third-order valence-electron chi connectivity index (χ3n) is 3.04. The van der Waals surface area contributed by atoms with E-state index in [0.717, 1.165) is 5.56 Å². The molecule has 0 aliphatic heterocycles. The van der Waals surface area contributed by atoms with Crippen LogP contribution in [0.2, 0.25) is 0 Å². The van der Waals surface area contributed by atoms with Gasteiger partial charge in [-0.05, 0) is 44.9 Å². The summed E-state index contributed by atoms with van der Waals surface area (Å²) in [4.78, 5) is 12.6. The Hall–Kier alpha value is -1.35. The van der Waals surface area contributed by atoms with Crippen molar-refractivity contribution in [2.75, 3.05) is 0 Å². The number of carbonyl (C=O) groups is 1. The minimum Gasteiger partial charge on any atom is -0.508 e. The summed E-state index contributed by atoms with van der Waals surface area (Å²) in [6, 6.07) is 6.82. The van der Waals surface area contributed by atoms with Gasteiger partial charge in [0.2, 0.25) is 0 Å². The van der Waals surface area contributed by atoms with Gasteiger partial charge in [0.25, 0.3) is 0 Å². The summed E-state index contributed by atoms with van der Waals surface area (Å²) in [7, 11) is 0. The van der Waals surface area contributed by atoms with Gasteiger partial charge in [-0.2, -0.15) is 0 Å². The molecule has 1 rings (SSSR count). The average molecular weight is 277 g/mol. The van der Waals surface area contributed by atoms with Crippen LogP contribution in [-0.2, 0) is 11.2 Å². The van der Waals surface area contributed by atoms with Crippen molar-refractivity contribution in [1.29, 1.82) is 0 Å². The second kappa shape index (κ2) is 5.96. The number of benzene rings is 1. The van der Waals surface area contributed by atoms with E-state index >= 15 is 0 Å². The number of Topliss-reactive ketones (excluding diaryl/α,β-unsaturated/α-hetero) is 1. The van der Waals surface area contributed by atoms with Gasteiger partial charge >= 0.3 is 0 Å². The molecular formula is C17H27NO2. The predicted octanol–water partition coefficient (Wildman–Crippen LogP) is 3.31. The number of rotatable bonds is 4. The van der Waals surface area contributed by atoms with Crippen LogP contribution in [0.25, 0.3) is 0 Å². The summed E-state index contributed by atoms with van der Waals surface area (Å²) in [5.74, 6) is 0.455. The number of nitrogens with one attached hydrogen (secondary N) is 1. The van der Waals surface area contributed by atoms with Crippen LogP contribution in [0.4, 0.5) is 0 Å². The predicted molar refractivity (Wildman–Crippen MR) is 82.9 cm³/mol. The fraction of sp³-hybridized carbons (Fsp3) is 0.588. The number of carbonyl (C=O) groups excluding carboxylic acids is 1. The first-order chi connectivity index (χ1) is 8.99. The fourth-order valence-electron chi connectivity index (χ4n) is 2.12. The molecule has 20 heavy (non-hydrogen) atoms. The van der Waals surface area contributed by atoms with Gasteiger partial charge in [-0.1, -0.05) is 32.9 Å². The first-order valence-corrected chi connectivity index (χ1v) is 7.09. The quantitative estimate of drug-likeness (QED) is 0.887. The average Bonchev–Trinajstić information content (AvgIpc) is 2.27. The molecule has 0 aliphatic carbocycles. The van der Waals surface area contributed by atoms with Crippen LogP contribution in [0.3, 0.4) is 0 Å². The van der Waals surface area contributed by atoms with E-state index in [1.54, 1.807) is 12.1 Å². The van der Waals surface area contributed by atoms with E-state index in [2.05, 4.69) is 26.1 Å². The molecule has 3 nitrogen and oxygen atoms in total. The number of aromatic hydroxyl groups is 1. The highest BCUT2D eigenvalue weighted by Crippen LogP contribution is 2.21. The van der Waals surface area contributed by atoms with Gasteiger partial charge in [-0.15, -0.1) is 0 Å². The van der Waals surface area contributed by atoms with Gasteiger partial charge in [0.05, 0.1) is 6.04 Å². The van der Waals surface area contributed by atoms with E-state index in [-0.39, 0.29) is 28.5 Å². The second-order valence-electron chi connectivity index (χ2n) is 7.43. The van der Waals surface area contributed by atoms with Crippen molar-refractivity contribution in [3.8, 4) is 5.75 Å². The van der Waals surface area contributed by atoms with E-state index in [9.17, 15) is 9.90 Å². The highest BCUT2D eigenvalue weighted by molar-refractivity contribution is 5.89. The molecule has 3 heteroatoms. The standard InChI is InChI=1S/C17H27NO2/c1-16(2,3)15(20)14(18-17(4,5)6)11-12-7-9-13(19)10-8-12/h7-10,14,18-19H,11H2,1-6H3/t14-/m0/s1. The van der Waals surface area contributed by atoms with Crippen molar-refractivity contribution in [3.05, 3.63) is 29.8 Å². The monoisotopic (exact) mass is 277 g/mol. The molecule has 2 N–H and O–H groups in total. The highest BCUT2D eigenvalue weighted by Gasteiger charge is 2.31. The number of hydrogen-bond acceptors (Lipinski definition) is 3. The van der Waals surface area contributed by atoms with Gasteiger partial charge < -0.3 is 10.4 Å². The molecule has 0 unspecified atom stereocenters. The largest absolute Gasteiger partial charge is 0.508 e. The molecule has 0 heterocycles. The maximum atomic E-state index is 12.6. The van der Waals surface area contributed by atoms with Crippen molar-refractivity contribution in [1.82, 2.24) is 5.32 Å². The van der Waals surface area contributed by atoms with E-state index in [1.807, 2.05) is 32.9 Å². The molecule has 0 saturated carbocycles. The van der Waals surface area contributed by atoms with Crippen molar-refractivity contribution in [2.24, 2.45) is 5.41 Å². The molecule has 0 aliphatic rings. The first kappa shape index (κ1) is 16.7. The van der Waals surface area contributed by atoms with Crippen LogP contribution in [0.5, 0.6) is 5.75 Å². The summed E-state index contributed by atoms with van der Waals surface area (Å²) in [5, 5.41) is 12.7. The molecule has 0 radical (unpaired) electrons. The Morgan fingerprint density at radius 2 is 1.60 bits per heavy atom. The molecule has 0 saturated heterocycles. The van der Waals surface area contributed by atoms with Crippen molar-refractivity contribution in [2.45, 2.75) is 59.5 Å². The third-order valence-corrected chi connectivity index (χ3v) is 3.04. The van der Waals surface area contributed by atoms with Crippen molar-refractivity contribution < 1.29 is 9.90 Å². The van der Waals surface area contributed by atoms with Gasteiger partial charge in [0.1, 0.15) is 5.75 Å². The number of hydrogen-bond donors (Lipinski definition) is 2. The molecule has 0 spiro atoms. The highest BCUT2D eigenvalue weighted by atomic mass is 16.3. The fourth-order valence-corrected chi connectivity index (χ4v) is 2.12. The second-order valence-corrected chi connectivity index (χ2v) is 7.43. The maximum Gasteiger partial charge on any atom is 0.155 e. The summed E-state index contributed by atoms with van der Waals surface area (Å²) in [6.07, 6.45) is 0.633. The van der Waals surface area contributed by atoms with Gasteiger partial charge in [-0.25, -0.2) is 0 Å². The Morgan fingerprint density at radius 3 is 2.00 bits per heavy atom. The Kier molecular flexibility index (Phi) is 4.98. The Labute approximate surface area is 122 Å². The van der Waals surface area contributed by atoms with Crippen LogP contribution in [0.15, 0.2) is 24.3 Å². The molecule has 1 aromatic rings. The lowest BCUT2D eigenvalue weighted by Crippen LogP contribution is -2.51. The number of phenols is 1. The topological polar surface area (TPSA) is 49.3 Å². The smallest absolute Gasteiger partial charge is 0.155 e. The van der Waals surface area contributed by atoms with E-state index in [4.69, 9.17) is 0 Å². The minimum absolute atomic E-state index is 0.123. The SMILES string of the molecule is CC(C)(C)N[C@@H](Cc1ccc(O)cc1)C(=O)C(C)(C)C. The van der Waals surface area contributed by atoms with Crippen LogP contribution < -0.4 is 5.32 Å². The summed E-state index contributed by atoms with van der Waals surface area (Å²) in [6.45, 7) is 12.0. The van der Waals surface area contributed by atoms with Gasteiger partial charge in [0.15, 0.2) is 5.78 Å². The zero-order chi connectivity index (χ0) is 15.6. The summed E-state index contributed by atoms with van der Waals surface area (Å²) in [5.41, 5.74) is 0.546. The molecule has 0 amide bonds. The van der Waals surface area contributed by atoms with Gasteiger partial charge in [-0.3, -0.25) is 4.79 Å². The van der Waals surface area contributed by atoms with E-state index < -0.39 is 0 Å². The molecule has 0 aromatic heterocycles. The third kappa shape index (κ3) is 5.33. The van der Waals surface area contributed by atoms with Crippen LogP contribution in [-0.4, -0.2) is 22.5 Å². The summed E-state index contributed by atoms with van der Waals surface area (Å²) >= 11 is 0. The first-order valence-electron chi connectivity index (χ1n) is 7.09. The molecule has 112 valence electrons. The maximum absolute atomic E-state index is 12.6. The minimum atomic E-state index is -0.375. The summed E-state index contributed by atoms with van der Waals surface area (Å²) < 4.78 is 0. The molecule has 0 bridgehead atoms. The Bertz CT molecular complexity index is 449. The normalized spacial score (nSPS) is 14.1. The van der Waals surface area contributed by atoms with Crippen LogP contribution in [0, 0.1) is 5.41 Å². The van der Waals surface area contributed by atoms with Gasteiger partial charge in [0, 0.05) is 11.0 Å². The number of ketones is 1. The number of phenolic OH excluding ortho intramolecular Hbond substituents is 1. The van der Waals surface area contributed by atoms with E-state index in [1.165, 1.54) is 0 Å². The zero-order valence-corrected chi connectivity index (χ0v) is 13.4. The molecule has 1 atom stereocenters. The molecular weight excluding hydrogens is 250 g/mol. The van der Waals surface area contributed by atoms with Crippen LogP contribution in [0.1, 0.15) is 47.1 Å². The lowest BCUT2D eigenvalue weighted by atomic mass is 9.83. The lowest BCUT2D eigenvalue weighted by molar-refractivity contribution is -0.128. The Morgan fingerprint density at radius 1 is 1.10 bits per heavy atom. The van der Waals surface area contributed by atoms with Crippen molar-refractivity contribution >= 4 is 5.78 Å². The zero-order valence-electron chi connectivity index (χ0n) is 13.4. The molecule has 0 fully saturated rings. The Balaban J connectivity index is 2.93. The lowest BCUT2D eigenvalue weighted by Gasteiger charge is -2.32. The van der Waals surface area contributed by atoms with E-state index in [0.29, 0.717) is 6.42 Å². The van der Waals surface area contributed by atoms with Crippen molar-refractivity contribution in [3.63, 3.8) is 0 Å².